The van der Waals surface area contributed by atoms with Crippen molar-refractivity contribution < 1.29 is 18.7 Å². The number of rotatable bonds is 4. The SMILES string of the molecule is CN(Cc1cccc(F)c1)C(=O)C=Cc1ccc2c(c1)OCO2. The molecular weight excluding hydrogens is 297 g/mol. The van der Waals surface area contributed by atoms with Crippen molar-refractivity contribution in [3.63, 3.8) is 0 Å². The molecule has 0 aliphatic carbocycles. The smallest absolute Gasteiger partial charge is 0.246 e. The third kappa shape index (κ3) is 3.69. The van der Waals surface area contributed by atoms with Crippen LogP contribution >= 0.6 is 0 Å². The normalized spacial score (nSPS) is 12.6. The predicted octanol–water partition coefficient (Wildman–Crippen LogP) is 3.23. The van der Waals surface area contributed by atoms with Gasteiger partial charge >= 0.3 is 0 Å². The molecule has 0 bridgehead atoms. The van der Waals surface area contributed by atoms with Gasteiger partial charge in [-0.25, -0.2) is 4.39 Å². The van der Waals surface area contributed by atoms with Crippen LogP contribution in [0.15, 0.2) is 48.5 Å². The Bertz CT molecular complexity index is 758. The highest BCUT2D eigenvalue weighted by atomic mass is 19.1. The van der Waals surface area contributed by atoms with Gasteiger partial charge in [-0.15, -0.1) is 0 Å². The first-order chi connectivity index (χ1) is 11.1. The molecule has 0 aromatic heterocycles. The van der Waals surface area contributed by atoms with Crippen molar-refractivity contribution in [2.24, 2.45) is 0 Å². The van der Waals surface area contributed by atoms with E-state index >= 15 is 0 Å². The summed E-state index contributed by atoms with van der Waals surface area (Å²) in [7, 11) is 1.68. The second-order valence-corrected chi connectivity index (χ2v) is 5.27. The standard InChI is InChI=1S/C18H16FNO3/c1-20(11-14-3-2-4-15(19)9-14)18(21)8-6-13-5-7-16-17(10-13)23-12-22-16/h2-10H,11-12H2,1H3. The van der Waals surface area contributed by atoms with Gasteiger partial charge in [0.1, 0.15) is 5.82 Å². The molecule has 2 aromatic rings. The van der Waals surface area contributed by atoms with E-state index in [-0.39, 0.29) is 18.5 Å². The van der Waals surface area contributed by atoms with Crippen LogP contribution < -0.4 is 9.47 Å². The Morgan fingerprint density at radius 2 is 2.04 bits per heavy atom. The van der Waals surface area contributed by atoms with E-state index in [0.717, 1.165) is 11.1 Å². The van der Waals surface area contributed by atoms with Crippen LogP contribution in [0.25, 0.3) is 6.08 Å². The highest BCUT2D eigenvalue weighted by molar-refractivity contribution is 5.91. The van der Waals surface area contributed by atoms with Gasteiger partial charge in [0.15, 0.2) is 11.5 Å². The lowest BCUT2D eigenvalue weighted by Crippen LogP contribution is -2.24. The molecule has 1 amide bonds. The summed E-state index contributed by atoms with van der Waals surface area (Å²) in [5, 5.41) is 0. The van der Waals surface area contributed by atoms with Crippen molar-refractivity contribution in [1.82, 2.24) is 4.90 Å². The molecule has 0 unspecified atom stereocenters. The van der Waals surface area contributed by atoms with E-state index in [0.29, 0.717) is 18.0 Å². The van der Waals surface area contributed by atoms with Crippen LogP contribution in [0.3, 0.4) is 0 Å². The van der Waals surface area contributed by atoms with E-state index in [4.69, 9.17) is 9.47 Å². The summed E-state index contributed by atoms with van der Waals surface area (Å²) in [4.78, 5) is 13.7. The number of benzene rings is 2. The molecule has 1 aliphatic heterocycles. The lowest BCUT2D eigenvalue weighted by Gasteiger charge is -2.15. The lowest BCUT2D eigenvalue weighted by atomic mass is 10.2. The van der Waals surface area contributed by atoms with Gasteiger partial charge in [-0.3, -0.25) is 4.79 Å². The molecule has 1 heterocycles. The number of hydrogen-bond donors (Lipinski definition) is 0. The Hall–Kier alpha value is -2.82. The van der Waals surface area contributed by atoms with E-state index < -0.39 is 0 Å². The maximum atomic E-state index is 13.2. The number of halogens is 1. The van der Waals surface area contributed by atoms with Crippen LogP contribution in [0.5, 0.6) is 11.5 Å². The van der Waals surface area contributed by atoms with Gasteiger partial charge in [0.25, 0.3) is 0 Å². The zero-order chi connectivity index (χ0) is 16.2. The molecule has 0 fully saturated rings. The van der Waals surface area contributed by atoms with Gasteiger partial charge in [0.05, 0.1) is 0 Å². The average Bonchev–Trinajstić information content (AvgIpc) is 3.00. The summed E-state index contributed by atoms with van der Waals surface area (Å²) < 4.78 is 23.7. The number of fused-ring (bicyclic) bond motifs is 1. The Morgan fingerprint density at radius 1 is 1.22 bits per heavy atom. The maximum Gasteiger partial charge on any atom is 0.246 e. The topological polar surface area (TPSA) is 38.8 Å². The van der Waals surface area contributed by atoms with Crippen LogP contribution in [0.4, 0.5) is 4.39 Å². The van der Waals surface area contributed by atoms with Gasteiger partial charge in [-0.2, -0.15) is 0 Å². The number of nitrogens with zero attached hydrogens (tertiary/aromatic N) is 1. The van der Waals surface area contributed by atoms with Crippen molar-refractivity contribution >= 4 is 12.0 Å². The summed E-state index contributed by atoms with van der Waals surface area (Å²) in [6.07, 6.45) is 3.20. The first-order valence-electron chi connectivity index (χ1n) is 7.19. The predicted molar refractivity (Wildman–Crippen MR) is 84.5 cm³/mol. The van der Waals surface area contributed by atoms with Gasteiger partial charge in [0.2, 0.25) is 12.7 Å². The number of hydrogen-bond acceptors (Lipinski definition) is 3. The molecule has 0 N–H and O–H groups in total. The summed E-state index contributed by atoms with van der Waals surface area (Å²) in [5.74, 6) is 0.913. The minimum Gasteiger partial charge on any atom is -0.454 e. The summed E-state index contributed by atoms with van der Waals surface area (Å²) >= 11 is 0. The van der Waals surface area contributed by atoms with E-state index in [9.17, 15) is 9.18 Å². The maximum absolute atomic E-state index is 13.2. The van der Waals surface area contributed by atoms with Crippen LogP contribution in [-0.4, -0.2) is 24.6 Å². The molecule has 23 heavy (non-hydrogen) atoms. The molecule has 0 spiro atoms. The molecule has 0 saturated heterocycles. The Kier molecular flexibility index (Phi) is 4.28. The Balaban J connectivity index is 1.63. The van der Waals surface area contributed by atoms with Crippen LogP contribution in [0, 0.1) is 5.82 Å². The molecule has 0 radical (unpaired) electrons. The molecule has 0 atom stereocenters. The zero-order valence-corrected chi connectivity index (χ0v) is 12.7. The monoisotopic (exact) mass is 313 g/mol. The fourth-order valence-electron chi connectivity index (χ4n) is 2.30. The third-order valence-corrected chi connectivity index (χ3v) is 3.50. The van der Waals surface area contributed by atoms with Crippen molar-refractivity contribution in [2.45, 2.75) is 6.54 Å². The van der Waals surface area contributed by atoms with E-state index in [2.05, 4.69) is 0 Å². The fraction of sp³-hybridized carbons (Fsp3) is 0.167. The van der Waals surface area contributed by atoms with Crippen LogP contribution in [-0.2, 0) is 11.3 Å². The molecular formula is C18H16FNO3. The highest BCUT2D eigenvalue weighted by Crippen LogP contribution is 2.32. The van der Waals surface area contributed by atoms with Gasteiger partial charge in [-0.05, 0) is 41.5 Å². The first kappa shape index (κ1) is 15.1. The summed E-state index contributed by atoms with van der Waals surface area (Å²) in [5.41, 5.74) is 1.60. The minimum absolute atomic E-state index is 0.160. The molecule has 4 nitrogen and oxygen atoms in total. The molecule has 2 aromatic carbocycles. The quantitative estimate of drug-likeness (QED) is 0.814. The average molecular weight is 313 g/mol. The Labute approximate surface area is 133 Å². The zero-order valence-electron chi connectivity index (χ0n) is 12.7. The van der Waals surface area contributed by atoms with Crippen molar-refractivity contribution in [3.8, 4) is 11.5 Å². The van der Waals surface area contributed by atoms with E-state index in [1.165, 1.54) is 23.1 Å². The largest absolute Gasteiger partial charge is 0.454 e. The number of likely N-dealkylation sites (N-methyl/N-ethyl adjacent to an activating group) is 1. The van der Waals surface area contributed by atoms with Gasteiger partial charge in [0, 0.05) is 19.7 Å². The van der Waals surface area contributed by atoms with Crippen molar-refractivity contribution in [2.75, 3.05) is 13.8 Å². The van der Waals surface area contributed by atoms with Crippen LogP contribution in [0.1, 0.15) is 11.1 Å². The molecule has 5 heteroatoms. The third-order valence-electron chi connectivity index (χ3n) is 3.50. The highest BCUT2D eigenvalue weighted by Gasteiger charge is 2.12. The number of carbonyl (C=O) groups is 1. The van der Waals surface area contributed by atoms with Crippen LogP contribution in [0.2, 0.25) is 0 Å². The Morgan fingerprint density at radius 3 is 2.87 bits per heavy atom. The fourth-order valence-corrected chi connectivity index (χ4v) is 2.30. The molecule has 0 saturated carbocycles. The minimum atomic E-state index is -0.306. The second-order valence-electron chi connectivity index (χ2n) is 5.27. The molecule has 1 aliphatic rings. The van der Waals surface area contributed by atoms with Crippen molar-refractivity contribution in [1.29, 1.82) is 0 Å². The summed E-state index contributed by atoms with van der Waals surface area (Å²) in [6, 6.07) is 11.7. The number of amides is 1. The van der Waals surface area contributed by atoms with E-state index in [1.54, 1.807) is 25.3 Å². The van der Waals surface area contributed by atoms with Gasteiger partial charge < -0.3 is 14.4 Å². The van der Waals surface area contributed by atoms with Gasteiger partial charge in [-0.1, -0.05) is 18.2 Å². The first-order valence-corrected chi connectivity index (χ1v) is 7.19. The lowest BCUT2D eigenvalue weighted by molar-refractivity contribution is -0.125. The van der Waals surface area contributed by atoms with E-state index in [1.807, 2.05) is 18.2 Å². The molecule has 3 rings (SSSR count). The summed E-state index contributed by atoms with van der Waals surface area (Å²) in [6.45, 7) is 0.569. The number of carbonyl (C=O) groups excluding carboxylic acids is 1. The van der Waals surface area contributed by atoms with Crippen molar-refractivity contribution in [3.05, 3.63) is 65.5 Å². The second kappa shape index (κ2) is 6.52. The number of ether oxygens (including phenoxy) is 2. The molecule has 118 valence electrons.